The molecule has 1 heterocycles. The van der Waals surface area contributed by atoms with Crippen LogP contribution in [0.5, 0.6) is 0 Å². The number of rotatable bonds is 3. The van der Waals surface area contributed by atoms with Gasteiger partial charge in [-0.2, -0.15) is 0 Å². The van der Waals surface area contributed by atoms with E-state index in [1.165, 1.54) is 0 Å². The Balaban J connectivity index is 2.92. The van der Waals surface area contributed by atoms with E-state index in [4.69, 9.17) is 5.11 Å². The molecule has 1 atom stereocenters. The van der Waals surface area contributed by atoms with Gasteiger partial charge in [0.1, 0.15) is 6.04 Å². The first kappa shape index (κ1) is 10.5. The van der Waals surface area contributed by atoms with Crippen molar-refractivity contribution in [1.29, 1.82) is 0 Å². The molecule has 3 amide bonds. The number of aliphatic carboxylic acids is 1. The van der Waals surface area contributed by atoms with E-state index in [0.29, 0.717) is 0 Å². The van der Waals surface area contributed by atoms with Crippen LogP contribution in [0.3, 0.4) is 0 Å². The van der Waals surface area contributed by atoms with Gasteiger partial charge in [0, 0.05) is 0 Å². The number of hydrogen-bond acceptors (Lipinski definition) is 3. The minimum Gasteiger partial charge on any atom is -0.480 e. The Morgan fingerprint density at radius 2 is 2.07 bits per heavy atom. The number of nitrogens with one attached hydrogen (secondary N) is 1. The molecular formula is C8H12N2O4. The normalized spacial score (nSPS) is 18.6. The van der Waals surface area contributed by atoms with Crippen molar-refractivity contribution in [1.82, 2.24) is 10.2 Å². The lowest BCUT2D eigenvalue weighted by Crippen LogP contribution is -2.48. The van der Waals surface area contributed by atoms with Crippen LogP contribution in [0.15, 0.2) is 0 Å². The molecule has 0 aromatic heterocycles. The monoisotopic (exact) mass is 200 g/mol. The van der Waals surface area contributed by atoms with E-state index in [0.717, 1.165) is 4.90 Å². The van der Waals surface area contributed by atoms with E-state index >= 15 is 0 Å². The second-order valence-electron chi connectivity index (χ2n) is 3.45. The van der Waals surface area contributed by atoms with Crippen LogP contribution in [0.25, 0.3) is 0 Å². The fourth-order valence-electron chi connectivity index (χ4n) is 1.41. The Bertz CT molecular complexity index is 271. The average molecular weight is 200 g/mol. The van der Waals surface area contributed by atoms with E-state index in [9.17, 15) is 14.4 Å². The van der Waals surface area contributed by atoms with Crippen LogP contribution in [0, 0.1) is 5.92 Å². The fraction of sp³-hybridized carbons (Fsp3) is 0.625. The molecule has 1 rings (SSSR count). The van der Waals surface area contributed by atoms with Crippen molar-refractivity contribution in [2.45, 2.75) is 19.9 Å². The zero-order chi connectivity index (χ0) is 10.9. The van der Waals surface area contributed by atoms with E-state index in [2.05, 4.69) is 5.32 Å². The number of carbonyl (C=O) groups is 3. The summed E-state index contributed by atoms with van der Waals surface area (Å²) in [6.07, 6.45) is 0. The van der Waals surface area contributed by atoms with E-state index < -0.39 is 23.9 Å². The van der Waals surface area contributed by atoms with Gasteiger partial charge in [0.2, 0.25) is 0 Å². The highest BCUT2D eigenvalue weighted by Gasteiger charge is 2.40. The lowest BCUT2D eigenvalue weighted by Gasteiger charge is -2.24. The summed E-state index contributed by atoms with van der Waals surface area (Å²) in [5, 5.41) is 11.1. The van der Waals surface area contributed by atoms with Crippen LogP contribution in [0.1, 0.15) is 13.8 Å². The third-order valence-electron chi connectivity index (χ3n) is 2.04. The van der Waals surface area contributed by atoms with Gasteiger partial charge in [-0.25, -0.2) is 14.5 Å². The van der Waals surface area contributed by atoms with Crippen molar-refractivity contribution in [3.63, 3.8) is 0 Å². The number of carbonyl (C=O) groups excluding carboxylic acids is 2. The second kappa shape index (κ2) is 3.65. The van der Waals surface area contributed by atoms with Crippen molar-refractivity contribution in [2.75, 3.05) is 6.54 Å². The quantitative estimate of drug-likeness (QED) is 0.609. The predicted molar refractivity (Wildman–Crippen MR) is 46.5 cm³/mol. The van der Waals surface area contributed by atoms with Crippen molar-refractivity contribution in [3.05, 3.63) is 0 Å². The first-order valence-corrected chi connectivity index (χ1v) is 4.28. The van der Waals surface area contributed by atoms with Crippen molar-refractivity contribution in [3.8, 4) is 0 Å². The van der Waals surface area contributed by atoms with Gasteiger partial charge in [-0.3, -0.25) is 4.79 Å². The maximum atomic E-state index is 11.2. The highest BCUT2D eigenvalue weighted by Crippen LogP contribution is 2.14. The van der Waals surface area contributed by atoms with E-state index in [-0.39, 0.29) is 12.5 Å². The van der Waals surface area contributed by atoms with Crippen LogP contribution in [0.4, 0.5) is 4.79 Å². The highest BCUT2D eigenvalue weighted by molar-refractivity contribution is 6.04. The smallest absolute Gasteiger partial charge is 0.327 e. The summed E-state index contributed by atoms with van der Waals surface area (Å²) in [4.78, 5) is 34.0. The predicted octanol–water partition coefficient (Wildman–Crippen LogP) is -0.353. The molecule has 0 aliphatic carbocycles. The van der Waals surface area contributed by atoms with Crippen LogP contribution in [0.2, 0.25) is 0 Å². The molecule has 1 saturated heterocycles. The van der Waals surface area contributed by atoms with Crippen LogP contribution in [-0.2, 0) is 9.59 Å². The molecule has 78 valence electrons. The fourth-order valence-corrected chi connectivity index (χ4v) is 1.41. The van der Waals surface area contributed by atoms with Gasteiger partial charge in [0.15, 0.2) is 0 Å². The largest absolute Gasteiger partial charge is 0.480 e. The average Bonchev–Trinajstić information content (AvgIpc) is 2.34. The summed E-state index contributed by atoms with van der Waals surface area (Å²) in [6, 6.07) is -1.71. The maximum absolute atomic E-state index is 11.2. The van der Waals surface area contributed by atoms with Crippen LogP contribution in [-0.4, -0.2) is 40.5 Å². The number of imide groups is 1. The molecule has 14 heavy (non-hydrogen) atoms. The number of hydrogen-bond donors (Lipinski definition) is 2. The number of carboxylic acids is 1. The third kappa shape index (κ3) is 1.68. The Labute approximate surface area is 80.9 Å². The maximum Gasteiger partial charge on any atom is 0.327 e. The van der Waals surface area contributed by atoms with Gasteiger partial charge in [0.25, 0.3) is 5.91 Å². The minimum absolute atomic E-state index is 0.116. The molecule has 0 radical (unpaired) electrons. The summed E-state index contributed by atoms with van der Waals surface area (Å²) in [6.45, 7) is 3.19. The lowest BCUT2D eigenvalue weighted by molar-refractivity contribution is -0.147. The van der Waals surface area contributed by atoms with Gasteiger partial charge in [-0.05, 0) is 5.92 Å². The van der Waals surface area contributed by atoms with Gasteiger partial charge >= 0.3 is 12.0 Å². The molecule has 0 spiro atoms. The highest BCUT2D eigenvalue weighted by atomic mass is 16.4. The third-order valence-corrected chi connectivity index (χ3v) is 2.04. The summed E-state index contributed by atoms with van der Waals surface area (Å²) in [5.74, 6) is -1.96. The molecule has 0 bridgehead atoms. The van der Waals surface area contributed by atoms with Crippen LogP contribution >= 0.6 is 0 Å². The van der Waals surface area contributed by atoms with E-state index in [1.807, 2.05) is 0 Å². The lowest BCUT2D eigenvalue weighted by atomic mass is 10.0. The molecule has 6 heteroatoms. The van der Waals surface area contributed by atoms with Crippen molar-refractivity contribution < 1.29 is 19.5 Å². The number of nitrogens with zero attached hydrogens (tertiary/aromatic N) is 1. The molecule has 0 aromatic rings. The number of amides is 3. The molecule has 1 aliphatic heterocycles. The zero-order valence-electron chi connectivity index (χ0n) is 7.98. The Hall–Kier alpha value is -1.59. The molecule has 1 aliphatic rings. The SMILES string of the molecule is CC(C)[C@@H](C(=O)O)N1C(=O)CNC1=O. The van der Waals surface area contributed by atoms with Crippen LogP contribution < -0.4 is 5.32 Å². The molecule has 0 aromatic carbocycles. The molecule has 0 unspecified atom stereocenters. The second-order valence-corrected chi connectivity index (χ2v) is 3.45. The van der Waals surface area contributed by atoms with E-state index in [1.54, 1.807) is 13.8 Å². The molecule has 2 N–H and O–H groups in total. The van der Waals surface area contributed by atoms with Crippen molar-refractivity contribution >= 4 is 17.9 Å². The minimum atomic E-state index is -1.16. The number of carboxylic acid groups (broad SMARTS) is 1. The Morgan fingerprint density at radius 1 is 1.50 bits per heavy atom. The number of urea groups is 1. The molecular weight excluding hydrogens is 188 g/mol. The zero-order valence-corrected chi connectivity index (χ0v) is 7.98. The topological polar surface area (TPSA) is 86.7 Å². The van der Waals surface area contributed by atoms with Crippen molar-refractivity contribution in [2.24, 2.45) is 5.92 Å². The summed E-state index contributed by atoms with van der Waals surface area (Å²) >= 11 is 0. The molecule has 0 saturated carbocycles. The summed E-state index contributed by atoms with van der Waals surface area (Å²) in [7, 11) is 0. The standard InChI is InChI=1S/C8H12N2O4/c1-4(2)6(7(12)13)10-5(11)3-9-8(10)14/h4,6H,3H2,1-2H3,(H,9,14)(H,12,13)/t6-/m0/s1. The first-order valence-electron chi connectivity index (χ1n) is 4.28. The van der Waals surface area contributed by atoms with Gasteiger partial charge in [-0.15, -0.1) is 0 Å². The molecule has 6 nitrogen and oxygen atoms in total. The Kier molecular flexibility index (Phi) is 2.73. The van der Waals surface area contributed by atoms with Gasteiger partial charge < -0.3 is 10.4 Å². The van der Waals surface area contributed by atoms with Gasteiger partial charge in [0.05, 0.1) is 6.54 Å². The Morgan fingerprint density at radius 3 is 2.36 bits per heavy atom. The molecule has 1 fully saturated rings. The summed E-state index contributed by atoms with van der Waals surface area (Å²) < 4.78 is 0. The first-order chi connectivity index (χ1) is 6.45. The van der Waals surface area contributed by atoms with Gasteiger partial charge in [-0.1, -0.05) is 13.8 Å². The summed E-state index contributed by atoms with van der Waals surface area (Å²) in [5.41, 5.74) is 0.